The topological polar surface area (TPSA) is 73.6 Å². The number of thiocarbonyl (C=S) groups is 1. The summed E-state index contributed by atoms with van der Waals surface area (Å²) in [5.41, 5.74) is 5.14. The van der Waals surface area contributed by atoms with Crippen molar-refractivity contribution in [3.05, 3.63) is 0 Å². The van der Waals surface area contributed by atoms with Gasteiger partial charge in [0.1, 0.15) is 5.41 Å². The molecule has 5 nitrogen and oxygen atoms in total. The first kappa shape index (κ1) is 14.2. The molecule has 3 rings (SSSR count). The van der Waals surface area contributed by atoms with Gasteiger partial charge in [-0.2, -0.15) is 0 Å². The predicted octanol–water partition coefficient (Wildman–Crippen LogP) is 0.753. The smallest absolute Gasteiger partial charge is 0.233 e. The third kappa shape index (κ3) is 2.56. The number of nitrogens with two attached hydrogens (primary N) is 1. The normalized spacial score (nSPS) is 32.8. The molecule has 0 bridgehead atoms. The van der Waals surface area contributed by atoms with Crippen molar-refractivity contribution in [1.82, 2.24) is 5.32 Å². The summed E-state index contributed by atoms with van der Waals surface area (Å²) in [6, 6.07) is 0.115. The lowest BCUT2D eigenvalue weighted by Gasteiger charge is -2.36. The second kappa shape index (κ2) is 5.58. The van der Waals surface area contributed by atoms with Crippen molar-refractivity contribution in [3.63, 3.8) is 0 Å². The third-order valence-corrected chi connectivity index (χ3v) is 5.18. The standard InChI is InChI=1S/C14H22N2O3S/c15-12(20)14(4-7-18-8-5-14)13(17)16-10-3-6-19-11(10)9-1-2-9/h9-11H,1-8H2,(H2,15,20)(H,16,17). The van der Waals surface area contributed by atoms with Crippen LogP contribution in [0.25, 0.3) is 0 Å². The lowest BCUT2D eigenvalue weighted by atomic mass is 9.79. The van der Waals surface area contributed by atoms with Crippen LogP contribution in [0.5, 0.6) is 0 Å². The summed E-state index contributed by atoms with van der Waals surface area (Å²) in [5, 5.41) is 3.16. The first-order chi connectivity index (χ1) is 9.63. The summed E-state index contributed by atoms with van der Waals surface area (Å²) in [6.45, 7) is 1.81. The van der Waals surface area contributed by atoms with Gasteiger partial charge in [-0.3, -0.25) is 4.79 Å². The number of hydrogen-bond donors (Lipinski definition) is 2. The maximum atomic E-state index is 12.7. The van der Waals surface area contributed by atoms with Gasteiger partial charge in [0.25, 0.3) is 0 Å². The summed E-state index contributed by atoms with van der Waals surface area (Å²) < 4.78 is 11.1. The van der Waals surface area contributed by atoms with Crippen molar-refractivity contribution in [2.45, 2.75) is 44.2 Å². The molecule has 0 aromatic heterocycles. The minimum Gasteiger partial charge on any atom is -0.392 e. The first-order valence-electron chi connectivity index (χ1n) is 7.44. The fraction of sp³-hybridized carbons (Fsp3) is 0.857. The van der Waals surface area contributed by atoms with Gasteiger partial charge in [-0.25, -0.2) is 0 Å². The summed E-state index contributed by atoms with van der Waals surface area (Å²) in [7, 11) is 0. The Morgan fingerprint density at radius 2 is 1.90 bits per heavy atom. The van der Waals surface area contributed by atoms with Gasteiger partial charge in [0.15, 0.2) is 0 Å². The van der Waals surface area contributed by atoms with Gasteiger partial charge in [0.05, 0.1) is 17.1 Å². The number of hydrogen-bond acceptors (Lipinski definition) is 4. The second-order valence-corrected chi connectivity index (χ2v) is 6.54. The summed E-state index contributed by atoms with van der Waals surface area (Å²) >= 11 is 5.17. The van der Waals surface area contributed by atoms with Gasteiger partial charge in [-0.1, -0.05) is 12.2 Å². The number of carbonyl (C=O) groups is 1. The third-order valence-electron chi connectivity index (χ3n) is 4.79. The Bertz CT molecular complexity index is 405. The van der Waals surface area contributed by atoms with Gasteiger partial charge >= 0.3 is 0 Å². The lowest BCUT2D eigenvalue weighted by Crippen LogP contribution is -2.55. The van der Waals surface area contributed by atoms with Crippen molar-refractivity contribution in [3.8, 4) is 0 Å². The highest BCUT2D eigenvalue weighted by atomic mass is 32.1. The van der Waals surface area contributed by atoms with Crippen LogP contribution in [0.3, 0.4) is 0 Å². The van der Waals surface area contributed by atoms with Crippen LogP contribution in [-0.4, -0.2) is 42.9 Å². The lowest BCUT2D eigenvalue weighted by molar-refractivity contribution is -0.132. The zero-order valence-corrected chi connectivity index (χ0v) is 12.4. The van der Waals surface area contributed by atoms with E-state index in [0.29, 0.717) is 37.0 Å². The van der Waals surface area contributed by atoms with Gasteiger partial charge in [-0.15, -0.1) is 0 Å². The van der Waals surface area contributed by atoms with Crippen molar-refractivity contribution in [1.29, 1.82) is 0 Å². The average Bonchev–Trinajstić information content (AvgIpc) is 3.20. The van der Waals surface area contributed by atoms with E-state index in [1.165, 1.54) is 12.8 Å². The van der Waals surface area contributed by atoms with Crippen LogP contribution in [0, 0.1) is 11.3 Å². The Balaban J connectivity index is 1.68. The van der Waals surface area contributed by atoms with E-state index >= 15 is 0 Å². The Hall–Kier alpha value is -0.720. The molecule has 2 saturated heterocycles. The molecule has 1 amide bonds. The molecule has 20 heavy (non-hydrogen) atoms. The molecule has 2 heterocycles. The van der Waals surface area contributed by atoms with Gasteiger partial charge in [0.2, 0.25) is 5.91 Å². The van der Waals surface area contributed by atoms with Crippen LogP contribution in [-0.2, 0) is 14.3 Å². The highest BCUT2D eigenvalue weighted by Crippen LogP contribution is 2.39. The number of ether oxygens (including phenoxy) is 2. The minimum atomic E-state index is -0.732. The molecule has 3 aliphatic rings. The fourth-order valence-electron chi connectivity index (χ4n) is 3.27. The highest BCUT2D eigenvalue weighted by molar-refractivity contribution is 7.80. The summed E-state index contributed by atoms with van der Waals surface area (Å²) in [5.74, 6) is 0.590. The molecule has 3 N–H and O–H groups in total. The Kier molecular flexibility index (Phi) is 3.97. The zero-order chi connectivity index (χ0) is 14.2. The van der Waals surface area contributed by atoms with Gasteiger partial charge < -0.3 is 20.5 Å². The van der Waals surface area contributed by atoms with E-state index in [4.69, 9.17) is 27.4 Å². The van der Waals surface area contributed by atoms with E-state index < -0.39 is 5.41 Å². The van der Waals surface area contributed by atoms with Crippen molar-refractivity contribution >= 4 is 23.1 Å². The zero-order valence-electron chi connectivity index (χ0n) is 11.6. The molecule has 1 aliphatic carbocycles. The van der Waals surface area contributed by atoms with Crippen molar-refractivity contribution in [2.75, 3.05) is 19.8 Å². The van der Waals surface area contributed by atoms with Crippen LogP contribution < -0.4 is 11.1 Å². The highest BCUT2D eigenvalue weighted by Gasteiger charge is 2.47. The van der Waals surface area contributed by atoms with Crippen LogP contribution in [0.1, 0.15) is 32.1 Å². The average molecular weight is 298 g/mol. The molecule has 0 radical (unpaired) electrons. The molecule has 2 unspecified atom stereocenters. The molecule has 1 saturated carbocycles. The van der Waals surface area contributed by atoms with E-state index in [0.717, 1.165) is 13.0 Å². The molecule has 2 atom stereocenters. The number of rotatable bonds is 4. The second-order valence-electron chi connectivity index (χ2n) is 6.10. The van der Waals surface area contributed by atoms with Crippen LogP contribution in [0.4, 0.5) is 0 Å². The van der Waals surface area contributed by atoms with Crippen molar-refractivity contribution in [2.24, 2.45) is 17.1 Å². The summed E-state index contributed by atoms with van der Waals surface area (Å²) in [4.78, 5) is 13.0. The monoisotopic (exact) mass is 298 g/mol. The molecule has 0 aromatic rings. The molecular weight excluding hydrogens is 276 g/mol. The number of carbonyl (C=O) groups excluding carboxylic acids is 1. The molecule has 6 heteroatoms. The fourth-order valence-corrected chi connectivity index (χ4v) is 3.56. The Labute approximate surface area is 124 Å². The minimum absolute atomic E-state index is 0.0329. The van der Waals surface area contributed by atoms with E-state index in [1.54, 1.807) is 0 Å². The largest absolute Gasteiger partial charge is 0.392 e. The molecule has 3 fully saturated rings. The Morgan fingerprint density at radius 1 is 1.20 bits per heavy atom. The van der Waals surface area contributed by atoms with Gasteiger partial charge in [-0.05, 0) is 38.0 Å². The quantitative estimate of drug-likeness (QED) is 0.749. The van der Waals surface area contributed by atoms with E-state index in [2.05, 4.69) is 5.32 Å². The van der Waals surface area contributed by atoms with Crippen LogP contribution in [0.2, 0.25) is 0 Å². The number of amides is 1. The maximum absolute atomic E-state index is 12.7. The van der Waals surface area contributed by atoms with E-state index in [9.17, 15) is 4.79 Å². The molecule has 2 aliphatic heterocycles. The van der Waals surface area contributed by atoms with Crippen LogP contribution >= 0.6 is 12.2 Å². The maximum Gasteiger partial charge on any atom is 0.233 e. The predicted molar refractivity (Wildman–Crippen MR) is 78.3 cm³/mol. The molecule has 0 spiro atoms. The Morgan fingerprint density at radius 3 is 2.50 bits per heavy atom. The van der Waals surface area contributed by atoms with Gasteiger partial charge in [0, 0.05) is 19.8 Å². The molecule has 0 aromatic carbocycles. The molecular formula is C14H22N2O3S. The SMILES string of the molecule is NC(=S)C1(C(=O)NC2CCOC2C2CC2)CCOCC1. The first-order valence-corrected chi connectivity index (χ1v) is 7.84. The van der Waals surface area contributed by atoms with E-state index in [1.807, 2.05) is 0 Å². The summed E-state index contributed by atoms with van der Waals surface area (Å²) in [6.07, 6.45) is 4.65. The number of nitrogens with one attached hydrogen (secondary N) is 1. The molecule has 112 valence electrons. The van der Waals surface area contributed by atoms with Crippen molar-refractivity contribution < 1.29 is 14.3 Å². The van der Waals surface area contributed by atoms with E-state index in [-0.39, 0.29) is 18.1 Å². The van der Waals surface area contributed by atoms with Crippen LogP contribution in [0.15, 0.2) is 0 Å².